The lowest BCUT2D eigenvalue weighted by molar-refractivity contribution is -0.177. The Morgan fingerprint density at radius 2 is 1.47 bits per heavy atom. The molecule has 0 aromatic carbocycles. The number of carbonyl (C=O) groups is 2. The molecule has 0 aliphatic carbocycles. The predicted molar refractivity (Wildman–Crippen MR) is 71.5 cm³/mol. The lowest BCUT2D eigenvalue weighted by atomic mass is 9.73. The van der Waals surface area contributed by atoms with Gasteiger partial charge in [-0.1, -0.05) is 13.8 Å². The maximum atomic E-state index is 12.2. The molecular formula is C14H26O5. The lowest BCUT2D eigenvalue weighted by Crippen LogP contribution is -2.46. The average molecular weight is 274 g/mol. The minimum atomic E-state index is -1.33. The summed E-state index contributed by atoms with van der Waals surface area (Å²) in [5, 5.41) is 9.42. The number of rotatable bonds is 8. The van der Waals surface area contributed by atoms with Gasteiger partial charge in [0, 0.05) is 0 Å². The summed E-state index contributed by atoms with van der Waals surface area (Å²) in [6, 6.07) is 0. The van der Waals surface area contributed by atoms with Crippen molar-refractivity contribution in [1.82, 2.24) is 0 Å². The van der Waals surface area contributed by atoms with Gasteiger partial charge in [0.05, 0.1) is 19.3 Å². The molecule has 0 radical (unpaired) electrons. The summed E-state index contributed by atoms with van der Waals surface area (Å²) < 4.78 is 10.1. The molecule has 0 aliphatic rings. The molecule has 0 aliphatic heterocycles. The molecule has 0 heterocycles. The van der Waals surface area contributed by atoms with Gasteiger partial charge in [-0.15, -0.1) is 0 Å². The van der Waals surface area contributed by atoms with Crippen LogP contribution >= 0.6 is 0 Å². The van der Waals surface area contributed by atoms with E-state index in [2.05, 4.69) is 0 Å². The van der Waals surface area contributed by atoms with Gasteiger partial charge in [0.1, 0.15) is 0 Å². The van der Waals surface area contributed by atoms with Crippen LogP contribution < -0.4 is 0 Å². The van der Waals surface area contributed by atoms with Crippen LogP contribution in [0.25, 0.3) is 0 Å². The lowest BCUT2D eigenvalue weighted by Gasteiger charge is -2.33. The van der Waals surface area contributed by atoms with E-state index in [0.29, 0.717) is 6.42 Å². The third kappa shape index (κ3) is 4.49. The molecule has 0 fully saturated rings. The summed E-state index contributed by atoms with van der Waals surface area (Å²) in [6.07, 6.45) is -0.0162. The Morgan fingerprint density at radius 1 is 1.05 bits per heavy atom. The van der Waals surface area contributed by atoms with E-state index in [1.165, 1.54) is 0 Å². The van der Waals surface area contributed by atoms with Crippen LogP contribution in [0.1, 0.15) is 47.5 Å². The molecule has 0 rings (SSSR count). The molecule has 5 nitrogen and oxygen atoms in total. The first kappa shape index (κ1) is 17.9. The second-order valence-corrected chi connectivity index (χ2v) is 4.95. The Kier molecular flexibility index (Phi) is 7.68. The van der Waals surface area contributed by atoms with Crippen LogP contribution in [0.3, 0.4) is 0 Å². The van der Waals surface area contributed by atoms with Crippen LogP contribution in [0, 0.1) is 11.3 Å². The first-order valence-corrected chi connectivity index (χ1v) is 6.85. The standard InChI is InChI=1S/C14H26O5/c1-6-18-12(16)14(10(3)4,9-8-11(5)15)13(17)19-7-2/h10-11,15H,6-9H2,1-5H3. The van der Waals surface area contributed by atoms with Crippen molar-refractivity contribution in [2.24, 2.45) is 11.3 Å². The normalized spacial score (nSPS) is 13.2. The van der Waals surface area contributed by atoms with Gasteiger partial charge in [-0.3, -0.25) is 9.59 Å². The van der Waals surface area contributed by atoms with Crippen LogP contribution in [0.4, 0.5) is 0 Å². The van der Waals surface area contributed by atoms with Gasteiger partial charge in [0.25, 0.3) is 0 Å². The molecular weight excluding hydrogens is 248 g/mol. The Morgan fingerprint density at radius 3 is 1.74 bits per heavy atom. The van der Waals surface area contributed by atoms with Crippen molar-refractivity contribution in [3.8, 4) is 0 Å². The Hall–Kier alpha value is -1.10. The third-order valence-electron chi connectivity index (χ3n) is 3.22. The number of ether oxygens (including phenoxy) is 2. The molecule has 1 atom stereocenters. The van der Waals surface area contributed by atoms with Crippen molar-refractivity contribution in [2.75, 3.05) is 13.2 Å². The first-order valence-electron chi connectivity index (χ1n) is 6.85. The van der Waals surface area contributed by atoms with Crippen molar-refractivity contribution in [3.05, 3.63) is 0 Å². The number of aliphatic hydroxyl groups is 1. The molecule has 0 bridgehead atoms. The highest BCUT2D eigenvalue weighted by Gasteiger charge is 2.51. The van der Waals surface area contributed by atoms with Gasteiger partial charge in [-0.25, -0.2) is 0 Å². The van der Waals surface area contributed by atoms with E-state index in [-0.39, 0.29) is 25.6 Å². The Bertz CT molecular complexity index is 278. The van der Waals surface area contributed by atoms with Crippen molar-refractivity contribution in [1.29, 1.82) is 0 Å². The Labute approximate surface area is 115 Å². The largest absolute Gasteiger partial charge is 0.465 e. The summed E-state index contributed by atoms with van der Waals surface area (Å²) >= 11 is 0. The number of carbonyl (C=O) groups excluding carboxylic acids is 2. The zero-order valence-corrected chi connectivity index (χ0v) is 12.6. The van der Waals surface area contributed by atoms with E-state index in [9.17, 15) is 14.7 Å². The SMILES string of the molecule is CCOC(=O)C(CCC(C)O)(C(=O)OCC)C(C)C. The van der Waals surface area contributed by atoms with E-state index in [0.717, 1.165) is 0 Å². The van der Waals surface area contributed by atoms with Gasteiger partial charge in [0.2, 0.25) is 0 Å². The van der Waals surface area contributed by atoms with E-state index in [4.69, 9.17) is 9.47 Å². The molecule has 1 unspecified atom stereocenters. The highest BCUT2D eigenvalue weighted by molar-refractivity contribution is 6.00. The minimum Gasteiger partial charge on any atom is -0.465 e. The van der Waals surface area contributed by atoms with Crippen molar-refractivity contribution >= 4 is 11.9 Å². The van der Waals surface area contributed by atoms with Crippen LogP contribution in [0.15, 0.2) is 0 Å². The second-order valence-electron chi connectivity index (χ2n) is 4.95. The van der Waals surface area contributed by atoms with Gasteiger partial charge < -0.3 is 14.6 Å². The second kappa shape index (κ2) is 8.15. The summed E-state index contributed by atoms with van der Waals surface area (Å²) in [6.45, 7) is 9.02. The van der Waals surface area contributed by atoms with Crippen LogP contribution in [-0.4, -0.2) is 36.4 Å². The van der Waals surface area contributed by atoms with Crippen LogP contribution in [0.2, 0.25) is 0 Å². The summed E-state index contributed by atoms with van der Waals surface area (Å²) in [7, 11) is 0. The molecule has 19 heavy (non-hydrogen) atoms. The highest BCUT2D eigenvalue weighted by atomic mass is 16.6. The molecule has 0 aromatic rings. The maximum Gasteiger partial charge on any atom is 0.323 e. The van der Waals surface area contributed by atoms with Crippen LogP contribution in [-0.2, 0) is 19.1 Å². The molecule has 1 N–H and O–H groups in total. The highest BCUT2D eigenvalue weighted by Crippen LogP contribution is 2.36. The summed E-state index contributed by atoms with van der Waals surface area (Å²) in [4.78, 5) is 24.5. The molecule has 0 saturated carbocycles. The topological polar surface area (TPSA) is 72.8 Å². The monoisotopic (exact) mass is 274 g/mol. The fraction of sp³-hybridized carbons (Fsp3) is 0.857. The quantitative estimate of drug-likeness (QED) is 0.540. The maximum absolute atomic E-state index is 12.2. The smallest absolute Gasteiger partial charge is 0.323 e. The number of aliphatic hydroxyl groups excluding tert-OH is 1. The molecule has 0 amide bonds. The van der Waals surface area contributed by atoms with Crippen molar-refractivity contribution in [2.45, 2.75) is 53.6 Å². The first-order chi connectivity index (χ1) is 8.82. The fourth-order valence-corrected chi connectivity index (χ4v) is 2.00. The number of esters is 2. The molecule has 0 aromatic heterocycles. The fourth-order valence-electron chi connectivity index (χ4n) is 2.00. The van der Waals surface area contributed by atoms with Gasteiger partial charge in [-0.05, 0) is 39.5 Å². The molecule has 0 spiro atoms. The number of hydrogen-bond donors (Lipinski definition) is 1. The zero-order chi connectivity index (χ0) is 15.1. The van der Waals surface area contributed by atoms with E-state index in [1.54, 1.807) is 34.6 Å². The van der Waals surface area contributed by atoms with E-state index in [1.807, 2.05) is 0 Å². The zero-order valence-electron chi connectivity index (χ0n) is 12.6. The summed E-state index contributed by atoms with van der Waals surface area (Å²) in [5.74, 6) is -1.39. The van der Waals surface area contributed by atoms with Crippen LogP contribution in [0.5, 0.6) is 0 Å². The average Bonchev–Trinajstić information content (AvgIpc) is 2.29. The van der Waals surface area contributed by atoms with E-state index >= 15 is 0 Å². The number of hydrogen-bond acceptors (Lipinski definition) is 5. The van der Waals surface area contributed by atoms with Gasteiger partial charge >= 0.3 is 11.9 Å². The van der Waals surface area contributed by atoms with Crippen molar-refractivity contribution < 1.29 is 24.2 Å². The molecule has 112 valence electrons. The predicted octanol–water partition coefficient (Wildman–Crippen LogP) is 1.92. The Balaban J connectivity index is 5.33. The van der Waals surface area contributed by atoms with Crippen molar-refractivity contribution in [3.63, 3.8) is 0 Å². The van der Waals surface area contributed by atoms with Gasteiger partial charge in [0.15, 0.2) is 5.41 Å². The molecule has 5 heteroatoms. The van der Waals surface area contributed by atoms with Gasteiger partial charge in [-0.2, -0.15) is 0 Å². The van der Waals surface area contributed by atoms with E-state index < -0.39 is 23.5 Å². The molecule has 0 saturated heterocycles. The summed E-state index contributed by atoms with van der Waals surface area (Å²) in [5.41, 5.74) is -1.33. The third-order valence-corrected chi connectivity index (χ3v) is 3.22. The minimum absolute atomic E-state index is 0.210.